The lowest BCUT2D eigenvalue weighted by Crippen LogP contribution is -2.36. The maximum absolute atomic E-state index is 13.5. The van der Waals surface area contributed by atoms with Crippen LogP contribution in [0.2, 0.25) is 0 Å². The largest absolute Gasteiger partial charge is 0.490 e. The molecular weight excluding hydrogens is 548 g/mol. The van der Waals surface area contributed by atoms with Crippen molar-refractivity contribution in [3.63, 3.8) is 0 Å². The molecule has 5 rings (SSSR count). The van der Waals surface area contributed by atoms with Crippen molar-refractivity contribution >= 4 is 34.4 Å². The molecule has 1 aromatic heterocycles. The number of nitrogens with zero attached hydrogens (tertiary/aromatic N) is 1. The van der Waals surface area contributed by atoms with Crippen molar-refractivity contribution in [2.45, 2.75) is 84.3 Å². The predicted molar refractivity (Wildman–Crippen MR) is 167 cm³/mol. The lowest BCUT2D eigenvalue weighted by atomic mass is 9.93. The molecule has 0 unspecified atom stereocenters. The van der Waals surface area contributed by atoms with Crippen LogP contribution >= 0.6 is 11.3 Å². The number of carbonyl (C=O) groups is 2. The summed E-state index contributed by atoms with van der Waals surface area (Å²) in [5.74, 6) is 0.955. The Labute approximate surface area is 252 Å². The molecule has 42 heavy (non-hydrogen) atoms. The number of amides is 1. The Bertz CT molecular complexity index is 1410. The molecule has 0 radical (unpaired) electrons. The first-order valence-corrected chi connectivity index (χ1v) is 16.0. The standard InChI is InChI=1S/C34H40N2O5S/c1-3-39-29-20-24(16-19-28(29)41-22-23-14-17-25(18-15-23)34(38)40-4-2)21-35-33-31(27-12-8-9-13-30(27)42-33)32(37)36-26-10-6-5-7-11-26/h14-21,26H,3-13,22H2,1-2H3,(H,36,37). The van der Waals surface area contributed by atoms with Crippen molar-refractivity contribution in [2.75, 3.05) is 13.2 Å². The van der Waals surface area contributed by atoms with Gasteiger partial charge in [0.25, 0.3) is 5.91 Å². The molecule has 2 aliphatic carbocycles. The lowest BCUT2D eigenvalue weighted by molar-refractivity contribution is 0.0526. The Morgan fingerprint density at radius 2 is 1.71 bits per heavy atom. The smallest absolute Gasteiger partial charge is 0.338 e. The first-order chi connectivity index (χ1) is 20.6. The van der Waals surface area contributed by atoms with Gasteiger partial charge in [-0.25, -0.2) is 9.79 Å². The summed E-state index contributed by atoms with van der Waals surface area (Å²) in [6.45, 7) is 4.89. The minimum atomic E-state index is -0.333. The molecule has 8 heteroatoms. The van der Waals surface area contributed by atoms with Crippen molar-refractivity contribution in [1.29, 1.82) is 0 Å². The zero-order valence-electron chi connectivity index (χ0n) is 24.6. The second kappa shape index (κ2) is 14.5. The van der Waals surface area contributed by atoms with Gasteiger partial charge in [0.1, 0.15) is 11.6 Å². The van der Waals surface area contributed by atoms with Crippen molar-refractivity contribution in [2.24, 2.45) is 4.99 Å². The monoisotopic (exact) mass is 588 g/mol. The average Bonchev–Trinajstić information content (AvgIpc) is 3.39. The van der Waals surface area contributed by atoms with Gasteiger partial charge in [-0.1, -0.05) is 31.4 Å². The summed E-state index contributed by atoms with van der Waals surface area (Å²) < 4.78 is 17.0. The van der Waals surface area contributed by atoms with E-state index in [4.69, 9.17) is 19.2 Å². The van der Waals surface area contributed by atoms with Gasteiger partial charge in [0.2, 0.25) is 0 Å². The van der Waals surface area contributed by atoms with Crippen molar-refractivity contribution in [3.8, 4) is 11.5 Å². The van der Waals surface area contributed by atoms with Crippen LogP contribution in [0, 0.1) is 0 Å². The highest BCUT2D eigenvalue weighted by Gasteiger charge is 2.27. The summed E-state index contributed by atoms with van der Waals surface area (Å²) in [6.07, 6.45) is 11.8. The van der Waals surface area contributed by atoms with Gasteiger partial charge < -0.3 is 19.5 Å². The number of carbonyl (C=O) groups excluding carboxylic acids is 2. The van der Waals surface area contributed by atoms with E-state index in [9.17, 15) is 9.59 Å². The fourth-order valence-corrected chi connectivity index (χ4v) is 6.85. The molecule has 2 aliphatic rings. The minimum absolute atomic E-state index is 0.0301. The van der Waals surface area contributed by atoms with Gasteiger partial charge in [0.15, 0.2) is 11.5 Å². The molecule has 2 aromatic carbocycles. The van der Waals surface area contributed by atoms with E-state index in [1.54, 1.807) is 30.4 Å². The third-order valence-electron chi connectivity index (χ3n) is 7.78. The average molecular weight is 589 g/mol. The Hall–Kier alpha value is -3.65. The van der Waals surface area contributed by atoms with Crippen molar-refractivity contribution in [3.05, 3.63) is 75.2 Å². The Kier molecular flexibility index (Phi) is 10.3. The van der Waals surface area contributed by atoms with E-state index in [2.05, 4.69) is 5.32 Å². The highest BCUT2D eigenvalue weighted by Crippen LogP contribution is 2.40. The third kappa shape index (κ3) is 7.40. The normalized spacial score (nSPS) is 15.3. The highest BCUT2D eigenvalue weighted by molar-refractivity contribution is 7.16. The van der Waals surface area contributed by atoms with Crippen LogP contribution in [0.4, 0.5) is 5.00 Å². The molecule has 1 fully saturated rings. The Balaban J connectivity index is 1.31. The molecule has 0 aliphatic heterocycles. The second-order valence-electron chi connectivity index (χ2n) is 10.8. The van der Waals surface area contributed by atoms with Gasteiger partial charge in [-0.2, -0.15) is 0 Å². The van der Waals surface area contributed by atoms with Crippen LogP contribution < -0.4 is 14.8 Å². The molecule has 3 aromatic rings. The van der Waals surface area contributed by atoms with E-state index in [1.165, 1.54) is 29.7 Å². The van der Waals surface area contributed by atoms with Crippen LogP contribution in [-0.4, -0.2) is 37.3 Å². The summed E-state index contributed by atoms with van der Waals surface area (Å²) in [5.41, 5.74) is 4.28. The van der Waals surface area contributed by atoms with Crippen LogP contribution in [0.1, 0.15) is 101 Å². The van der Waals surface area contributed by atoms with E-state index in [0.717, 1.165) is 60.2 Å². The molecule has 222 valence electrons. The van der Waals surface area contributed by atoms with E-state index >= 15 is 0 Å². The molecule has 1 saturated carbocycles. The van der Waals surface area contributed by atoms with Crippen LogP contribution in [0.15, 0.2) is 47.5 Å². The topological polar surface area (TPSA) is 86.2 Å². The number of hydrogen-bond acceptors (Lipinski definition) is 7. The first kappa shape index (κ1) is 29.8. The molecule has 1 N–H and O–H groups in total. The predicted octanol–water partition coefficient (Wildman–Crippen LogP) is 7.59. The third-order valence-corrected chi connectivity index (χ3v) is 8.98. The van der Waals surface area contributed by atoms with Crippen LogP contribution in [0.25, 0.3) is 0 Å². The van der Waals surface area contributed by atoms with Crippen molar-refractivity contribution in [1.82, 2.24) is 5.32 Å². The number of benzene rings is 2. The van der Waals surface area contributed by atoms with Crippen LogP contribution in [0.3, 0.4) is 0 Å². The number of ether oxygens (including phenoxy) is 3. The molecule has 1 heterocycles. The fourth-order valence-electron chi connectivity index (χ4n) is 5.62. The van der Waals surface area contributed by atoms with E-state index in [-0.39, 0.29) is 17.9 Å². The Morgan fingerprint density at radius 1 is 0.929 bits per heavy atom. The molecule has 0 saturated heterocycles. The molecule has 7 nitrogen and oxygen atoms in total. The fraction of sp³-hybridized carbons (Fsp3) is 0.441. The van der Waals surface area contributed by atoms with Gasteiger partial charge in [-0.15, -0.1) is 11.3 Å². The van der Waals surface area contributed by atoms with Gasteiger partial charge in [0.05, 0.1) is 24.3 Å². The number of esters is 1. The molecular formula is C34H40N2O5S. The molecule has 0 atom stereocenters. The van der Waals surface area contributed by atoms with E-state index in [1.807, 2.05) is 43.5 Å². The Morgan fingerprint density at radius 3 is 2.48 bits per heavy atom. The number of aryl methyl sites for hydroxylation is 1. The van der Waals surface area contributed by atoms with Gasteiger partial charge in [-0.05, 0) is 99.4 Å². The maximum Gasteiger partial charge on any atom is 0.338 e. The lowest BCUT2D eigenvalue weighted by Gasteiger charge is -2.23. The van der Waals surface area contributed by atoms with Gasteiger partial charge >= 0.3 is 5.97 Å². The number of hydrogen-bond donors (Lipinski definition) is 1. The summed E-state index contributed by atoms with van der Waals surface area (Å²) in [5, 5.41) is 4.11. The van der Waals surface area contributed by atoms with Crippen molar-refractivity contribution < 1.29 is 23.8 Å². The summed E-state index contributed by atoms with van der Waals surface area (Å²) in [4.78, 5) is 31.6. The highest BCUT2D eigenvalue weighted by atomic mass is 32.1. The number of rotatable bonds is 11. The number of aliphatic imine (C=N–C) groups is 1. The number of nitrogens with one attached hydrogen (secondary N) is 1. The summed E-state index contributed by atoms with van der Waals surface area (Å²) in [7, 11) is 0. The number of thiophene rings is 1. The first-order valence-electron chi connectivity index (χ1n) is 15.2. The summed E-state index contributed by atoms with van der Waals surface area (Å²) >= 11 is 1.66. The van der Waals surface area contributed by atoms with E-state index < -0.39 is 0 Å². The zero-order valence-corrected chi connectivity index (χ0v) is 25.4. The second-order valence-corrected chi connectivity index (χ2v) is 11.9. The van der Waals surface area contributed by atoms with Crippen LogP contribution in [-0.2, 0) is 24.2 Å². The van der Waals surface area contributed by atoms with E-state index in [0.29, 0.717) is 36.9 Å². The molecule has 1 amide bonds. The zero-order chi connectivity index (χ0) is 29.3. The quantitative estimate of drug-likeness (QED) is 0.184. The number of fused-ring (bicyclic) bond motifs is 1. The van der Waals surface area contributed by atoms with Gasteiger partial charge in [0, 0.05) is 17.1 Å². The maximum atomic E-state index is 13.5. The molecule has 0 spiro atoms. The molecule has 0 bridgehead atoms. The minimum Gasteiger partial charge on any atom is -0.490 e. The summed E-state index contributed by atoms with van der Waals surface area (Å²) in [6, 6.07) is 13.2. The SMILES string of the molecule is CCOC(=O)c1ccc(COc2ccc(C=Nc3sc4c(c3C(=O)NC3CCCCC3)CCCC4)cc2OCC)cc1. The van der Waals surface area contributed by atoms with Crippen LogP contribution in [0.5, 0.6) is 11.5 Å². The van der Waals surface area contributed by atoms with Gasteiger partial charge in [-0.3, -0.25) is 4.79 Å².